The molecule has 2 aliphatic rings. The Balaban J connectivity index is 1.43. The Morgan fingerprint density at radius 1 is 1.04 bits per heavy atom. The minimum Gasteiger partial charge on any atom is -0.388 e. The van der Waals surface area contributed by atoms with E-state index in [1.54, 1.807) is 42.8 Å². The van der Waals surface area contributed by atoms with Gasteiger partial charge in [-0.2, -0.15) is 18.3 Å². The number of amides is 3. The molecule has 3 amide bonds. The van der Waals surface area contributed by atoms with E-state index in [-0.39, 0.29) is 30.8 Å². The summed E-state index contributed by atoms with van der Waals surface area (Å²) in [6.45, 7) is 8.35. The van der Waals surface area contributed by atoms with E-state index < -0.39 is 52.8 Å². The molecule has 51 heavy (non-hydrogen) atoms. The largest absolute Gasteiger partial charge is 0.416 e. The molecular weight excluding hydrogens is 668 g/mol. The molecule has 266 valence electrons. The van der Waals surface area contributed by atoms with Gasteiger partial charge in [-0.1, -0.05) is 43.0 Å². The van der Waals surface area contributed by atoms with E-state index in [2.05, 4.69) is 17.2 Å². The fourth-order valence-electron chi connectivity index (χ4n) is 6.71. The molecule has 0 saturated carbocycles. The van der Waals surface area contributed by atoms with Gasteiger partial charge in [-0.15, -0.1) is 0 Å². The zero-order valence-electron chi connectivity index (χ0n) is 27.9. The van der Waals surface area contributed by atoms with Gasteiger partial charge in [0.2, 0.25) is 5.91 Å². The second-order valence-electron chi connectivity index (χ2n) is 13.0. The van der Waals surface area contributed by atoms with Crippen LogP contribution in [0.5, 0.6) is 0 Å². The Bertz CT molecular complexity index is 1970. The van der Waals surface area contributed by atoms with Gasteiger partial charge in [-0.3, -0.25) is 24.2 Å². The number of anilines is 1. The number of para-hydroxylation sites is 1. The highest BCUT2D eigenvalue weighted by molar-refractivity contribution is 6.05. The quantitative estimate of drug-likeness (QED) is 0.165. The van der Waals surface area contributed by atoms with Crippen LogP contribution in [0.15, 0.2) is 91.0 Å². The summed E-state index contributed by atoms with van der Waals surface area (Å²) in [6.07, 6.45) is -4.70. The molecule has 3 heterocycles. The first-order valence-electron chi connectivity index (χ1n) is 16.3. The van der Waals surface area contributed by atoms with Crippen molar-refractivity contribution in [2.45, 2.75) is 44.1 Å². The molecule has 10 nitrogen and oxygen atoms in total. The van der Waals surface area contributed by atoms with Crippen LogP contribution in [-0.2, 0) is 22.3 Å². The van der Waals surface area contributed by atoms with Crippen LogP contribution in [-0.4, -0.2) is 75.3 Å². The van der Waals surface area contributed by atoms with Crippen molar-refractivity contribution in [3.63, 3.8) is 0 Å². The van der Waals surface area contributed by atoms with Gasteiger partial charge < -0.3 is 15.7 Å². The number of β-amino-alcohol motifs (C(OH)–C–C–N with tert-alkyl or cyclic N) is 1. The zero-order chi connectivity index (χ0) is 36.7. The van der Waals surface area contributed by atoms with Crippen molar-refractivity contribution in [1.82, 2.24) is 25.3 Å². The average Bonchev–Trinajstić information content (AvgIpc) is 3.46. The maximum atomic E-state index is 14.4. The third-order valence-electron chi connectivity index (χ3n) is 8.97. The Kier molecular flexibility index (Phi) is 9.57. The van der Waals surface area contributed by atoms with Gasteiger partial charge in [0.15, 0.2) is 0 Å². The second kappa shape index (κ2) is 13.8. The summed E-state index contributed by atoms with van der Waals surface area (Å²) in [5, 5.41) is 20.5. The van der Waals surface area contributed by atoms with Gasteiger partial charge in [-0.05, 0) is 61.9 Å². The third-order valence-corrected chi connectivity index (χ3v) is 8.97. The van der Waals surface area contributed by atoms with Crippen molar-refractivity contribution in [1.29, 1.82) is 0 Å². The van der Waals surface area contributed by atoms with Crippen LogP contribution in [0.4, 0.5) is 23.4 Å². The normalized spacial score (nSPS) is 18.5. The van der Waals surface area contributed by atoms with Crippen LogP contribution in [0.1, 0.15) is 52.5 Å². The number of likely N-dealkylation sites (N-methyl/N-ethyl adjacent to an activating group) is 1. The fraction of sp³-hybridized carbons (Fsp3) is 0.297. The van der Waals surface area contributed by atoms with Gasteiger partial charge >= 0.3 is 6.18 Å². The molecule has 6 rings (SSSR count). The lowest BCUT2D eigenvalue weighted by Crippen LogP contribution is -2.60. The number of aliphatic hydroxyl groups is 1. The lowest BCUT2D eigenvalue weighted by molar-refractivity contribution is -0.137. The SMILES string of the molecule is C=C(CN1CC(C)(O)C1)C(=O)NCc1nn(-c2ccccc2)c2c1[C@H](c1ccc(F)cc1)[C@H](NC(=O)c1cccc(C(F)(F)F)c1)C(=O)N2CC. The number of hydrogen-bond donors (Lipinski definition) is 3. The molecule has 0 unspecified atom stereocenters. The van der Waals surface area contributed by atoms with E-state index in [4.69, 9.17) is 5.10 Å². The number of likely N-dealkylation sites (tertiary alicyclic amines) is 1. The van der Waals surface area contributed by atoms with Crippen molar-refractivity contribution in [2.24, 2.45) is 0 Å². The van der Waals surface area contributed by atoms with E-state index >= 15 is 0 Å². The molecule has 0 spiro atoms. The summed E-state index contributed by atoms with van der Waals surface area (Å²) in [4.78, 5) is 44.6. The Morgan fingerprint density at radius 2 is 1.73 bits per heavy atom. The van der Waals surface area contributed by atoms with Crippen molar-refractivity contribution < 1.29 is 37.1 Å². The van der Waals surface area contributed by atoms with Crippen molar-refractivity contribution in [2.75, 3.05) is 31.1 Å². The van der Waals surface area contributed by atoms with E-state index in [1.807, 2.05) is 11.0 Å². The summed E-state index contributed by atoms with van der Waals surface area (Å²) in [5.41, 5.74) is -0.105. The van der Waals surface area contributed by atoms with Crippen LogP contribution >= 0.6 is 0 Å². The molecule has 2 atom stereocenters. The Hall–Kier alpha value is -5.34. The first-order valence-corrected chi connectivity index (χ1v) is 16.3. The Labute approximate surface area is 291 Å². The maximum Gasteiger partial charge on any atom is 0.416 e. The van der Waals surface area contributed by atoms with Crippen LogP contribution < -0.4 is 15.5 Å². The number of nitrogens with one attached hydrogen (secondary N) is 2. The summed E-state index contributed by atoms with van der Waals surface area (Å²) in [5.74, 6) is -3.13. The predicted octanol–water partition coefficient (Wildman–Crippen LogP) is 4.57. The first kappa shape index (κ1) is 35.5. The number of carbonyl (C=O) groups excluding carboxylic acids is 3. The molecule has 0 aliphatic carbocycles. The van der Waals surface area contributed by atoms with E-state index in [9.17, 15) is 37.1 Å². The number of fused-ring (bicyclic) bond motifs is 1. The number of rotatable bonds is 10. The lowest BCUT2D eigenvalue weighted by atomic mass is 9.80. The fourth-order valence-corrected chi connectivity index (χ4v) is 6.71. The number of alkyl halides is 3. The molecule has 1 aromatic heterocycles. The van der Waals surface area contributed by atoms with Gasteiger partial charge in [0.25, 0.3) is 11.8 Å². The number of aromatic nitrogens is 2. The van der Waals surface area contributed by atoms with Gasteiger partial charge in [-0.25, -0.2) is 9.07 Å². The summed E-state index contributed by atoms with van der Waals surface area (Å²) < 4.78 is 56.4. The smallest absolute Gasteiger partial charge is 0.388 e. The predicted molar refractivity (Wildman–Crippen MR) is 181 cm³/mol. The molecule has 2 aliphatic heterocycles. The average molecular weight is 705 g/mol. The molecule has 0 radical (unpaired) electrons. The molecule has 1 fully saturated rings. The van der Waals surface area contributed by atoms with E-state index in [0.29, 0.717) is 47.5 Å². The topological polar surface area (TPSA) is 120 Å². The highest BCUT2D eigenvalue weighted by atomic mass is 19.4. The van der Waals surface area contributed by atoms with E-state index in [0.717, 1.165) is 12.1 Å². The summed E-state index contributed by atoms with van der Waals surface area (Å²) >= 11 is 0. The molecule has 14 heteroatoms. The Morgan fingerprint density at radius 3 is 2.35 bits per heavy atom. The maximum absolute atomic E-state index is 14.4. The minimum atomic E-state index is -4.70. The molecule has 4 aromatic rings. The molecule has 3 N–H and O–H groups in total. The standard InChI is InChI=1S/C37H36F4N6O4/c1-4-46-34-30(28(44-47(34)27-11-6-5-7-12-27)18-42-32(48)22(2)19-45-20-36(3,51)21-45)29(23-13-15-26(38)16-14-23)31(35(46)50)43-33(49)24-9-8-10-25(17-24)37(39,40)41/h5-17,29,31,51H,2,4,18-21H2,1,3H3,(H,42,48)(H,43,49)/t29-,31-/m0/s1. The molecule has 0 bridgehead atoms. The van der Waals surface area contributed by atoms with E-state index in [1.165, 1.54) is 35.2 Å². The highest BCUT2D eigenvalue weighted by Crippen LogP contribution is 2.44. The summed E-state index contributed by atoms with van der Waals surface area (Å²) in [6, 6.07) is 16.8. The molecule has 1 saturated heterocycles. The highest BCUT2D eigenvalue weighted by Gasteiger charge is 2.46. The van der Waals surface area contributed by atoms with Crippen LogP contribution in [0.3, 0.4) is 0 Å². The van der Waals surface area contributed by atoms with Gasteiger partial charge in [0.05, 0.1) is 29.1 Å². The number of carbonyl (C=O) groups is 3. The van der Waals surface area contributed by atoms with Gasteiger partial charge in [0, 0.05) is 48.8 Å². The zero-order valence-corrected chi connectivity index (χ0v) is 27.9. The number of nitrogens with zero attached hydrogens (tertiary/aromatic N) is 4. The van der Waals surface area contributed by atoms with Crippen molar-refractivity contribution in [3.8, 4) is 5.69 Å². The van der Waals surface area contributed by atoms with Gasteiger partial charge in [0.1, 0.15) is 17.7 Å². The first-order chi connectivity index (χ1) is 24.2. The van der Waals surface area contributed by atoms with Crippen LogP contribution in [0, 0.1) is 5.82 Å². The number of hydrogen-bond acceptors (Lipinski definition) is 6. The summed E-state index contributed by atoms with van der Waals surface area (Å²) in [7, 11) is 0. The third kappa shape index (κ3) is 7.28. The van der Waals surface area contributed by atoms with Crippen LogP contribution in [0.25, 0.3) is 5.69 Å². The minimum absolute atomic E-state index is 0.124. The monoisotopic (exact) mass is 704 g/mol. The number of halogens is 4. The second-order valence-corrected chi connectivity index (χ2v) is 13.0. The molecule has 3 aromatic carbocycles. The van der Waals surface area contributed by atoms with Crippen LogP contribution in [0.2, 0.25) is 0 Å². The van der Waals surface area contributed by atoms with Crippen molar-refractivity contribution >= 4 is 23.5 Å². The molecular formula is C37H36F4N6O4. The number of benzene rings is 3. The van der Waals surface area contributed by atoms with Crippen molar-refractivity contribution in [3.05, 3.63) is 125 Å². The lowest BCUT2D eigenvalue weighted by Gasteiger charge is -2.44.